The van der Waals surface area contributed by atoms with Crippen LogP contribution in [0.15, 0.2) is 78.4 Å². The van der Waals surface area contributed by atoms with Gasteiger partial charge in [-0.2, -0.15) is 0 Å². The molecule has 3 aromatic carbocycles. The molecule has 0 bridgehead atoms. The molecule has 2 atom stereocenters. The summed E-state index contributed by atoms with van der Waals surface area (Å²) in [4.78, 5) is 30.7. The molecule has 0 aliphatic carbocycles. The molecule has 1 N–H and O–H groups in total. The molecule has 2 heterocycles. The monoisotopic (exact) mass is 540 g/mol. The first kappa shape index (κ1) is 27.5. The number of aliphatic hydroxyl groups excluding tert-OH is 1. The molecule has 40 heavy (non-hydrogen) atoms. The smallest absolute Gasteiger partial charge is 0.295 e. The van der Waals surface area contributed by atoms with Crippen LogP contribution < -0.4 is 9.47 Å². The number of likely N-dealkylation sites (tertiary alicyclic amines) is 1. The quantitative estimate of drug-likeness (QED) is 0.212. The van der Waals surface area contributed by atoms with Gasteiger partial charge in [0.15, 0.2) is 0 Å². The number of hydrogen-bond acceptors (Lipinski definition) is 6. The topological polar surface area (TPSA) is 79.3 Å². The van der Waals surface area contributed by atoms with Gasteiger partial charge in [0.05, 0.1) is 11.6 Å². The van der Waals surface area contributed by atoms with Crippen LogP contribution in [0.4, 0.5) is 0 Å². The van der Waals surface area contributed by atoms with Gasteiger partial charge in [-0.1, -0.05) is 56.3 Å². The number of carbonyl (C=O) groups excluding carboxylic acids is 2. The Hall–Kier alpha value is -4.10. The van der Waals surface area contributed by atoms with Gasteiger partial charge >= 0.3 is 0 Å². The van der Waals surface area contributed by atoms with E-state index in [-0.39, 0.29) is 17.4 Å². The third kappa shape index (κ3) is 5.61. The Morgan fingerprint density at radius 1 is 1.02 bits per heavy atom. The van der Waals surface area contributed by atoms with Crippen LogP contribution in [0.5, 0.6) is 11.5 Å². The van der Waals surface area contributed by atoms with Gasteiger partial charge in [-0.25, -0.2) is 0 Å². The van der Waals surface area contributed by atoms with Crippen LogP contribution in [-0.4, -0.2) is 58.9 Å². The van der Waals surface area contributed by atoms with Gasteiger partial charge in [0.1, 0.15) is 30.0 Å². The van der Waals surface area contributed by atoms with Crippen LogP contribution in [-0.2, 0) is 22.6 Å². The zero-order valence-corrected chi connectivity index (χ0v) is 23.3. The fourth-order valence-electron chi connectivity index (χ4n) is 5.49. The van der Waals surface area contributed by atoms with E-state index in [2.05, 4.69) is 18.7 Å². The summed E-state index contributed by atoms with van der Waals surface area (Å²) in [5.74, 6) is -0.0512. The highest BCUT2D eigenvalue weighted by Crippen LogP contribution is 2.41. The normalized spacial score (nSPS) is 19.6. The maximum atomic E-state index is 13.5. The minimum atomic E-state index is -0.737. The summed E-state index contributed by atoms with van der Waals surface area (Å²) in [6.07, 6.45) is 0.774. The van der Waals surface area contributed by atoms with Crippen molar-refractivity contribution in [1.29, 1.82) is 0 Å². The van der Waals surface area contributed by atoms with E-state index in [9.17, 15) is 14.7 Å². The summed E-state index contributed by atoms with van der Waals surface area (Å²) in [7, 11) is 0. The van der Waals surface area contributed by atoms with Crippen LogP contribution in [0, 0.1) is 0 Å². The lowest BCUT2D eigenvalue weighted by Crippen LogP contribution is -2.38. The van der Waals surface area contributed by atoms with Crippen molar-refractivity contribution in [3.8, 4) is 11.5 Å². The highest BCUT2D eigenvalue weighted by atomic mass is 16.5. The van der Waals surface area contributed by atoms with Crippen LogP contribution >= 0.6 is 0 Å². The summed E-state index contributed by atoms with van der Waals surface area (Å²) >= 11 is 0. The predicted molar refractivity (Wildman–Crippen MR) is 154 cm³/mol. The molecule has 208 valence electrons. The molecule has 2 aliphatic heterocycles. The third-order valence-electron chi connectivity index (χ3n) is 7.68. The minimum absolute atomic E-state index is 0.0525. The average molecular weight is 541 g/mol. The molecule has 0 aromatic heterocycles. The summed E-state index contributed by atoms with van der Waals surface area (Å²) in [5, 5.41) is 11.5. The maximum Gasteiger partial charge on any atom is 0.295 e. The van der Waals surface area contributed by atoms with E-state index in [0.29, 0.717) is 36.6 Å². The number of likely N-dealkylation sites (N-methyl/N-ethyl adjacent to an activating group) is 1. The van der Waals surface area contributed by atoms with Gasteiger partial charge in [-0.15, -0.1) is 0 Å². The predicted octanol–water partition coefficient (Wildman–Crippen LogP) is 5.35. The van der Waals surface area contributed by atoms with Crippen molar-refractivity contribution in [2.75, 3.05) is 26.2 Å². The second kappa shape index (κ2) is 12.0. The lowest BCUT2D eigenvalue weighted by atomic mass is 9.94. The Morgan fingerprint density at radius 2 is 1.80 bits per heavy atom. The number of ketones is 1. The highest BCUT2D eigenvalue weighted by Gasteiger charge is 2.46. The van der Waals surface area contributed by atoms with Crippen LogP contribution in [0.25, 0.3) is 5.76 Å². The number of fused-ring (bicyclic) bond motifs is 1. The highest BCUT2D eigenvalue weighted by molar-refractivity contribution is 6.46. The molecule has 0 radical (unpaired) electrons. The van der Waals surface area contributed by atoms with Gasteiger partial charge in [0, 0.05) is 25.1 Å². The Kier molecular flexibility index (Phi) is 8.21. The second-order valence-electron chi connectivity index (χ2n) is 10.3. The zero-order valence-electron chi connectivity index (χ0n) is 23.3. The molecule has 5 rings (SSSR count). The minimum Gasteiger partial charge on any atom is -0.507 e. The number of carbonyl (C=O) groups is 2. The molecule has 0 spiro atoms. The number of benzene rings is 3. The lowest BCUT2D eigenvalue weighted by Gasteiger charge is -2.28. The Labute approximate surface area is 235 Å². The van der Waals surface area contributed by atoms with Gasteiger partial charge in [-0.05, 0) is 67.0 Å². The summed E-state index contributed by atoms with van der Waals surface area (Å²) < 4.78 is 11.9. The Morgan fingerprint density at radius 3 is 2.55 bits per heavy atom. The zero-order chi connectivity index (χ0) is 28.2. The molecule has 0 saturated carbocycles. The molecule has 1 fully saturated rings. The number of nitrogens with zero attached hydrogens (tertiary/aromatic N) is 2. The lowest BCUT2D eigenvalue weighted by molar-refractivity contribution is -0.140. The van der Waals surface area contributed by atoms with E-state index in [0.717, 1.165) is 36.4 Å². The fourth-order valence-corrected chi connectivity index (χ4v) is 5.49. The summed E-state index contributed by atoms with van der Waals surface area (Å²) in [6.45, 7) is 9.18. The molecule has 0 unspecified atom stereocenters. The molecule has 7 heteroatoms. The molecular weight excluding hydrogens is 504 g/mol. The van der Waals surface area contributed by atoms with Gasteiger partial charge < -0.3 is 24.4 Å². The first-order valence-corrected chi connectivity index (χ1v) is 14.0. The number of ether oxygens (including phenoxy) is 2. The third-order valence-corrected chi connectivity index (χ3v) is 7.68. The first-order valence-electron chi connectivity index (χ1n) is 14.0. The number of aliphatic hydroxyl groups is 1. The van der Waals surface area contributed by atoms with E-state index < -0.39 is 17.7 Å². The summed E-state index contributed by atoms with van der Waals surface area (Å²) in [5.41, 5.74) is 3.31. The van der Waals surface area contributed by atoms with E-state index in [1.54, 1.807) is 11.0 Å². The molecule has 7 nitrogen and oxygen atoms in total. The van der Waals surface area contributed by atoms with Crippen molar-refractivity contribution < 1.29 is 24.2 Å². The van der Waals surface area contributed by atoms with E-state index in [1.165, 1.54) is 0 Å². The molecular formula is C33H36N2O5. The van der Waals surface area contributed by atoms with Gasteiger partial charge in [0.2, 0.25) is 0 Å². The molecule has 2 aliphatic rings. The van der Waals surface area contributed by atoms with Gasteiger partial charge in [0.25, 0.3) is 11.7 Å². The van der Waals surface area contributed by atoms with Crippen LogP contribution in [0.3, 0.4) is 0 Å². The first-order chi connectivity index (χ1) is 19.4. The van der Waals surface area contributed by atoms with Crippen LogP contribution in [0.2, 0.25) is 0 Å². The Bertz CT molecular complexity index is 1410. The van der Waals surface area contributed by atoms with Crippen molar-refractivity contribution in [3.05, 3.63) is 101 Å². The van der Waals surface area contributed by atoms with Crippen LogP contribution in [0.1, 0.15) is 49.1 Å². The standard InChI is InChI=1S/C33H36N2O5/c1-4-34(5-2)16-17-35-30(24-12-9-13-27(20-24)39-21-23-10-7-6-8-11-23)29(32(37)33(35)38)31(36)25-14-15-28-26(19-25)18-22(3)40-28/h6-15,19-20,22,30,36H,4-5,16-18,21H2,1-3H3/t22-,30+/m0/s1. The summed E-state index contributed by atoms with van der Waals surface area (Å²) in [6, 6.07) is 22.0. The SMILES string of the molecule is CCN(CC)CCN1C(=O)C(=O)C(=C(O)c2ccc3c(c2)C[C@H](C)O3)[C@H]1c1cccc(OCc2ccccc2)c1. The number of amides is 1. The fraction of sp³-hybridized carbons (Fsp3) is 0.333. The van der Waals surface area contributed by atoms with E-state index in [1.807, 2.05) is 73.7 Å². The van der Waals surface area contributed by atoms with Crippen molar-refractivity contribution >= 4 is 17.4 Å². The number of rotatable bonds is 10. The number of hydrogen-bond donors (Lipinski definition) is 1. The second-order valence-corrected chi connectivity index (χ2v) is 10.3. The largest absolute Gasteiger partial charge is 0.507 e. The van der Waals surface area contributed by atoms with Gasteiger partial charge in [-0.3, -0.25) is 9.59 Å². The van der Waals surface area contributed by atoms with Crippen molar-refractivity contribution in [2.24, 2.45) is 0 Å². The maximum absolute atomic E-state index is 13.5. The van der Waals surface area contributed by atoms with Crippen molar-refractivity contribution in [2.45, 2.75) is 45.9 Å². The molecule has 1 saturated heterocycles. The Balaban J connectivity index is 1.53. The number of Topliss-reactive ketones (excluding diaryl/α,β-unsaturated/α-hetero) is 1. The van der Waals surface area contributed by atoms with Crippen molar-refractivity contribution in [3.63, 3.8) is 0 Å². The average Bonchev–Trinajstić information content (AvgIpc) is 3.47. The molecule has 3 aromatic rings. The van der Waals surface area contributed by atoms with Crippen molar-refractivity contribution in [1.82, 2.24) is 9.80 Å². The van der Waals surface area contributed by atoms with E-state index >= 15 is 0 Å². The molecule has 1 amide bonds. The van der Waals surface area contributed by atoms with E-state index in [4.69, 9.17) is 9.47 Å².